The molecular weight excluding hydrogens is 352 g/mol. The van der Waals surface area contributed by atoms with E-state index in [4.69, 9.17) is 9.47 Å². The molecule has 6 atom stereocenters. The van der Waals surface area contributed by atoms with Crippen LogP contribution in [0.4, 0.5) is 0 Å². The van der Waals surface area contributed by atoms with Gasteiger partial charge in [0.15, 0.2) is 0 Å². The van der Waals surface area contributed by atoms with Crippen molar-refractivity contribution in [3.8, 4) is 0 Å². The van der Waals surface area contributed by atoms with E-state index in [2.05, 4.69) is 24.3 Å². The Morgan fingerprint density at radius 2 is 1.46 bits per heavy atom. The fourth-order valence-corrected chi connectivity index (χ4v) is 5.84. The van der Waals surface area contributed by atoms with Gasteiger partial charge in [-0.15, -0.1) is 0 Å². The van der Waals surface area contributed by atoms with Crippen LogP contribution in [0.15, 0.2) is 24.3 Å². The number of benzene rings is 1. The van der Waals surface area contributed by atoms with Crippen LogP contribution < -0.4 is 0 Å². The van der Waals surface area contributed by atoms with Gasteiger partial charge in [0, 0.05) is 24.7 Å². The molecule has 4 heteroatoms. The van der Waals surface area contributed by atoms with Gasteiger partial charge in [0.1, 0.15) is 12.2 Å². The van der Waals surface area contributed by atoms with Crippen LogP contribution in [-0.2, 0) is 25.5 Å². The molecule has 4 rings (SSSR count). The summed E-state index contributed by atoms with van der Waals surface area (Å²) in [6.45, 7) is 8.08. The van der Waals surface area contributed by atoms with E-state index in [1.165, 1.54) is 11.1 Å². The van der Waals surface area contributed by atoms with Crippen LogP contribution in [0.25, 0.3) is 0 Å². The van der Waals surface area contributed by atoms with E-state index in [1.54, 1.807) is 0 Å². The molecule has 6 unspecified atom stereocenters. The van der Waals surface area contributed by atoms with Gasteiger partial charge in [0.2, 0.25) is 0 Å². The van der Waals surface area contributed by atoms with Gasteiger partial charge in [-0.25, -0.2) is 0 Å². The van der Waals surface area contributed by atoms with Crippen molar-refractivity contribution in [3.05, 3.63) is 35.4 Å². The summed E-state index contributed by atoms with van der Waals surface area (Å²) in [5, 5.41) is 0. The molecule has 1 aromatic carbocycles. The van der Waals surface area contributed by atoms with Gasteiger partial charge in [0.25, 0.3) is 0 Å². The lowest BCUT2D eigenvalue weighted by Crippen LogP contribution is -2.45. The zero-order chi connectivity index (χ0) is 20.0. The van der Waals surface area contributed by atoms with E-state index < -0.39 is 0 Å². The van der Waals surface area contributed by atoms with E-state index in [1.807, 2.05) is 27.7 Å². The number of ether oxygens (including phenoxy) is 2. The lowest BCUT2D eigenvalue weighted by Gasteiger charge is -2.37. The standard InChI is InChI=1S/C24H32O4/c1-13(2)9-20(25)27-23-18-12-19(24(23)28-21(26)10-14(3)4)22-16-8-6-5-7-15(16)11-17(18)22/h5-8,13-14,17-19,22-24H,9-12H2,1-4H3. The van der Waals surface area contributed by atoms with E-state index in [-0.39, 0.29) is 47.8 Å². The van der Waals surface area contributed by atoms with Crippen molar-refractivity contribution in [2.24, 2.45) is 29.6 Å². The molecule has 2 fully saturated rings. The van der Waals surface area contributed by atoms with Crippen LogP contribution in [0.1, 0.15) is 64.0 Å². The van der Waals surface area contributed by atoms with Crippen LogP contribution in [0.5, 0.6) is 0 Å². The van der Waals surface area contributed by atoms with Gasteiger partial charge in [-0.2, -0.15) is 0 Å². The quantitative estimate of drug-likeness (QED) is 0.677. The summed E-state index contributed by atoms with van der Waals surface area (Å²) >= 11 is 0. The Balaban J connectivity index is 1.57. The normalized spacial score (nSPS) is 32.5. The summed E-state index contributed by atoms with van der Waals surface area (Å²) in [7, 11) is 0. The van der Waals surface area contributed by atoms with Crippen molar-refractivity contribution in [1.82, 2.24) is 0 Å². The summed E-state index contributed by atoms with van der Waals surface area (Å²) in [6, 6.07) is 8.65. The van der Waals surface area contributed by atoms with Crippen molar-refractivity contribution >= 4 is 11.9 Å². The minimum Gasteiger partial charge on any atom is -0.458 e. The predicted octanol–water partition coefficient (Wildman–Crippen LogP) is 4.51. The minimum absolute atomic E-state index is 0.162. The highest BCUT2D eigenvalue weighted by Crippen LogP contribution is 2.62. The number of rotatable bonds is 6. The van der Waals surface area contributed by atoms with Crippen LogP contribution in [0.3, 0.4) is 0 Å². The smallest absolute Gasteiger partial charge is 0.306 e. The number of hydrogen-bond donors (Lipinski definition) is 0. The fraction of sp³-hybridized carbons (Fsp3) is 0.667. The maximum absolute atomic E-state index is 12.5. The second-order valence-corrected chi connectivity index (χ2v) is 9.76. The lowest BCUT2D eigenvalue weighted by molar-refractivity contribution is -0.176. The maximum atomic E-state index is 12.5. The summed E-state index contributed by atoms with van der Waals surface area (Å²) in [5.41, 5.74) is 2.82. The number of esters is 2. The number of fused-ring (bicyclic) bond motifs is 7. The lowest BCUT2D eigenvalue weighted by atomic mass is 9.76. The Kier molecular flexibility index (Phi) is 5.24. The molecule has 2 bridgehead atoms. The Labute approximate surface area is 168 Å². The Bertz CT molecular complexity index is 753. The van der Waals surface area contributed by atoms with Gasteiger partial charge in [-0.3, -0.25) is 9.59 Å². The highest BCUT2D eigenvalue weighted by atomic mass is 16.6. The summed E-state index contributed by atoms with van der Waals surface area (Å²) < 4.78 is 11.9. The minimum atomic E-state index is -0.306. The van der Waals surface area contributed by atoms with Crippen molar-refractivity contribution in [2.45, 2.75) is 71.5 Å². The van der Waals surface area contributed by atoms with Crippen molar-refractivity contribution < 1.29 is 19.1 Å². The third kappa shape index (κ3) is 3.46. The molecule has 3 aliphatic rings. The second-order valence-electron chi connectivity index (χ2n) is 9.76. The Morgan fingerprint density at radius 1 is 0.893 bits per heavy atom. The van der Waals surface area contributed by atoms with E-state index >= 15 is 0 Å². The molecular formula is C24H32O4. The summed E-state index contributed by atoms with van der Waals surface area (Å²) in [6.07, 6.45) is 2.26. The average Bonchev–Trinajstić information content (AvgIpc) is 3.23. The van der Waals surface area contributed by atoms with Crippen LogP contribution in [0.2, 0.25) is 0 Å². The Morgan fingerprint density at radius 3 is 2.07 bits per heavy atom. The highest BCUT2D eigenvalue weighted by molar-refractivity contribution is 5.71. The molecule has 0 heterocycles. The van der Waals surface area contributed by atoms with E-state index in [0.29, 0.717) is 24.7 Å². The third-order valence-electron chi connectivity index (χ3n) is 6.74. The van der Waals surface area contributed by atoms with Gasteiger partial charge < -0.3 is 9.47 Å². The third-order valence-corrected chi connectivity index (χ3v) is 6.74. The van der Waals surface area contributed by atoms with Gasteiger partial charge in [-0.05, 0) is 47.6 Å². The number of carbonyl (C=O) groups is 2. The van der Waals surface area contributed by atoms with Gasteiger partial charge >= 0.3 is 11.9 Å². The molecule has 28 heavy (non-hydrogen) atoms. The zero-order valence-corrected chi connectivity index (χ0v) is 17.4. The van der Waals surface area contributed by atoms with Gasteiger partial charge in [0.05, 0.1) is 0 Å². The summed E-state index contributed by atoms with van der Waals surface area (Å²) in [4.78, 5) is 24.9. The molecule has 0 saturated heterocycles. The predicted molar refractivity (Wildman–Crippen MR) is 107 cm³/mol. The first-order valence-corrected chi connectivity index (χ1v) is 10.8. The van der Waals surface area contributed by atoms with Crippen LogP contribution in [-0.4, -0.2) is 24.1 Å². The van der Waals surface area contributed by atoms with Crippen LogP contribution >= 0.6 is 0 Å². The van der Waals surface area contributed by atoms with Crippen LogP contribution in [0, 0.1) is 29.6 Å². The topological polar surface area (TPSA) is 52.6 Å². The maximum Gasteiger partial charge on any atom is 0.306 e. The molecule has 152 valence electrons. The molecule has 1 aromatic rings. The molecule has 2 saturated carbocycles. The molecule has 0 spiro atoms. The first-order valence-electron chi connectivity index (χ1n) is 10.8. The van der Waals surface area contributed by atoms with Crippen molar-refractivity contribution in [2.75, 3.05) is 0 Å². The molecule has 0 aromatic heterocycles. The SMILES string of the molecule is CC(C)CC(=O)OC1C2CC(C1OC(=O)CC(C)C)C1c3ccccc3CC21. The zero-order valence-electron chi connectivity index (χ0n) is 17.4. The van der Waals surface area contributed by atoms with Gasteiger partial charge in [-0.1, -0.05) is 52.0 Å². The largest absolute Gasteiger partial charge is 0.458 e. The molecule has 0 N–H and O–H groups in total. The molecule has 3 aliphatic carbocycles. The second kappa shape index (κ2) is 7.53. The first-order chi connectivity index (χ1) is 13.3. The number of carbonyl (C=O) groups excluding carboxylic acids is 2. The monoisotopic (exact) mass is 384 g/mol. The molecule has 4 nitrogen and oxygen atoms in total. The fourth-order valence-electron chi connectivity index (χ4n) is 5.84. The molecule has 0 amide bonds. The molecule has 0 aliphatic heterocycles. The molecule has 0 radical (unpaired) electrons. The average molecular weight is 385 g/mol. The van der Waals surface area contributed by atoms with Crippen molar-refractivity contribution in [3.63, 3.8) is 0 Å². The number of hydrogen-bond acceptors (Lipinski definition) is 4. The first kappa shape index (κ1) is 19.5. The highest BCUT2D eigenvalue weighted by Gasteiger charge is 2.63. The summed E-state index contributed by atoms with van der Waals surface area (Å²) in [5.74, 6) is 1.66. The van der Waals surface area contributed by atoms with E-state index in [0.717, 1.165) is 12.8 Å². The van der Waals surface area contributed by atoms with E-state index in [9.17, 15) is 9.59 Å². The Hall–Kier alpha value is -1.84. The van der Waals surface area contributed by atoms with Crippen molar-refractivity contribution in [1.29, 1.82) is 0 Å².